The van der Waals surface area contributed by atoms with Crippen molar-refractivity contribution in [1.82, 2.24) is 10.2 Å². The number of benzene rings is 1. The van der Waals surface area contributed by atoms with Crippen LogP contribution in [-0.4, -0.2) is 62.9 Å². The van der Waals surface area contributed by atoms with Gasteiger partial charge in [-0.25, -0.2) is 0 Å². The summed E-state index contributed by atoms with van der Waals surface area (Å²) in [4.78, 5) is 17.0. The zero-order valence-corrected chi connectivity index (χ0v) is 18.9. The van der Waals surface area contributed by atoms with Gasteiger partial charge < -0.3 is 10.2 Å². The fourth-order valence-electron chi connectivity index (χ4n) is 4.93. The van der Waals surface area contributed by atoms with Gasteiger partial charge in [-0.3, -0.25) is 18.5 Å². The lowest BCUT2D eigenvalue weighted by Crippen LogP contribution is -2.47. The summed E-state index contributed by atoms with van der Waals surface area (Å²) >= 11 is 1.80. The normalized spacial score (nSPS) is 22.9. The van der Waals surface area contributed by atoms with Crippen molar-refractivity contribution in [3.63, 3.8) is 0 Å². The number of thiophene rings is 1. The van der Waals surface area contributed by atoms with Gasteiger partial charge in [0.2, 0.25) is 5.91 Å². The van der Waals surface area contributed by atoms with Gasteiger partial charge in [0.1, 0.15) is 13.3 Å². The third kappa shape index (κ3) is 5.55. The van der Waals surface area contributed by atoms with Crippen LogP contribution in [0, 0.1) is 11.8 Å². The van der Waals surface area contributed by atoms with Crippen LogP contribution in [0.4, 0.5) is 14.5 Å². The molecule has 1 aliphatic heterocycles. The van der Waals surface area contributed by atoms with Crippen LogP contribution in [0.3, 0.4) is 0 Å². The number of alkyl halides is 2. The van der Waals surface area contributed by atoms with Crippen LogP contribution in [0.15, 0.2) is 29.6 Å². The maximum atomic E-state index is 12.7. The van der Waals surface area contributed by atoms with Crippen molar-refractivity contribution in [1.29, 1.82) is 0 Å². The predicted octanol–water partition coefficient (Wildman–Crippen LogP) is 4.64. The van der Waals surface area contributed by atoms with E-state index in [0.29, 0.717) is 5.92 Å². The van der Waals surface area contributed by atoms with Gasteiger partial charge in [0, 0.05) is 48.0 Å². The van der Waals surface area contributed by atoms with E-state index in [1.165, 1.54) is 22.2 Å². The van der Waals surface area contributed by atoms with E-state index in [0.717, 1.165) is 58.4 Å². The smallest absolute Gasteiger partial charge is 0.228 e. The van der Waals surface area contributed by atoms with Gasteiger partial charge in [0.05, 0.1) is 5.92 Å². The van der Waals surface area contributed by atoms with Crippen LogP contribution in [0.25, 0.3) is 10.1 Å². The molecule has 1 saturated heterocycles. The van der Waals surface area contributed by atoms with Gasteiger partial charge in [-0.2, -0.15) is 0 Å². The number of carbonyl (C=O) groups is 1. The zero-order chi connectivity index (χ0) is 21.6. The van der Waals surface area contributed by atoms with E-state index < -0.39 is 25.2 Å². The Morgan fingerprint density at radius 2 is 1.81 bits per heavy atom. The van der Waals surface area contributed by atoms with Gasteiger partial charge >= 0.3 is 0 Å². The molecule has 0 unspecified atom stereocenters. The van der Waals surface area contributed by atoms with Crippen molar-refractivity contribution < 1.29 is 13.6 Å². The number of nitrogens with one attached hydrogen (secondary N) is 1. The quantitative estimate of drug-likeness (QED) is 0.638. The first-order valence-electron chi connectivity index (χ1n) is 11.5. The summed E-state index contributed by atoms with van der Waals surface area (Å²) in [6.07, 6.45) is 5.20. The van der Waals surface area contributed by atoms with Crippen molar-refractivity contribution in [2.75, 3.05) is 51.0 Å². The molecule has 1 N–H and O–H groups in total. The van der Waals surface area contributed by atoms with Gasteiger partial charge in [-0.1, -0.05) is 6.07 Å². The lowest BCUT2D eigenvalue weighted by atomic mass is 9.84. The van der Waals surface area contributed by atoms with Gasteiger partial charge in [0.15, 0.2) is 0 Å². The predicted molar refractivity (Wildman–Crippen MR) is 124 cm³/mol. The van der Waals surface area contributed by atoms with Crippen molar-refractivity contribution in [2.24, 2.45) is 11.8 Å². The first-order valence-corrected chi connectivity index (χ1v) is 12.4. The van der Waals surface area contributed by atoms with E-state index in [-0.39, 0.29) is 6.04 Å². The van der Waals surface area contributed by atoms with Crippen LogP contribution in [0.2, 0.25) is 0 Å². The second-order valence-electron chi connectivity index (χ2n) is 8.96. The molecule has 0 bridgehead atoms. The van der Waals surface area contributed by atoms with Gasteiger partial charge in [-0.15, -0.1) is 11.3 Å². The Balaban J connectivity index is 1.16. The summed E-state index contributed by atoms with van der Waals surface area (Å²) in [6, 6.07) is 8.91. The van der Waals surface area contributed by atoms with Crippen LogP contribution in [0.1, 0.15) is 32.1 Å². The number of hydrogen-bond donors (Lipinski definition) is 1. The summed E-state index contributed by atoms with van der Waals surface area (Å²) in [7, 11) is 0. The van der Waals surface area contributed by atoms with E-state index in [1.54, 1.807) is 11.3 Å². The van der Waals surface area contributed by atoms with Crippen molar-refractivity contribution >= 4 is 33.0 Å². The minimum atomic E-state index is -1.14. The van der Waals surface area contributed by atoms with Gasteiger partial charge in [-0.05, 0) is 68.1 Å². The fourth-order valence-corrected chi connectivity index (χ4v) is 5.73. The van der Waals surface area contributed by atoms with Crippen molar-refractivity contribution in [3.8, 4) is 0 Å². The molecule has 4 rings (SSSR count). The molecule has 0 spiro atoms. The number of anilines is 1. The molecule has 2 fully saturated rings. The van der Waals surface area contributed by atoms with Crippen LogP contribution < -0.4 is 10.2 Å². The monoisotopic (exact) mass is 449 g/mol. The van der Waals surface area contributed by atoms with Crippen LogP contribution in [0.5, 0.6) is 0 Å². The Morgan fingerprint density at radius 1 is 1.06 bits per heavy atom. The molecule has 2 aromatic rings. The number of amides is 1. The first-order chi connectivity index (χ1) is 15.2. The van der Waals surface area contributed by atoms with E-state index in [4.69, 9.17) is 0 Å². The second kappa shape index (κ2) is 10.7. The van der Waals surface area contributed by atoms with E-state index in [1.807, 2.05) is 0 Å². The number of hydrogen-bond acceptors (Lipinski definition) is 4. The summed E-state index contributed by atoms with van der Waals surface area (Å²) in [5.41, 5.74) is 1.36. The van der Waals surface area contributed by atoms with Crippen LogP contribution in [-0.2, 0) is 4.79 Å². The van der Waals surface area contributed by atoms with Crippen LogP contribution >= 0.6 is 11.3 Å². The molecule has 1 aromatic carbocycles. The van der Waals surface area contributed by atoms with Crippen molar-refractivity contribution in [2.45, 2.75) is 38.1 Å². The highest BCUT2D eigenvalue weighted by Gasteiger charge is 2.26. The highest BCUT2D eigenvalue weighted by Crippen LogP contribution is 2.31. The fraction of sp³-hybridized carbons (Fsp3) is 0.625. The Hall–Kier alpha value is -1.73. The zero-order valence-electron chi connectivity index (χ0n) is 18.1. The lowest BCUT2D eigenvalue weighted by Gasteiger charge is -2.37. The maximum Gasteiger partial charge on any atom is 0.228 e. The molecule has 1 aromatic heterocycles. The maximum absolute atomic E-state index is 12.7. The second-order valence-corrected chi connectivity index (χ2v) is 9.91. The number of piperazine rings is 1. The minimum Gasteiger partial charge on any atom is -0.368 e. The topological polar surface area (TPSA) is 35.6 Å². The molecule has 2 aliphatic rings. The molecular weight excluding hydrogens is 416 g/mol. The van der Waals surface area contributed by atoms with E-state index >= 15 is 0 Å². The summed E-state index contributed by atoms with van der Waals surface area (Å²) < 4.78 is 26.7. The number of carbonyl (C=O) groups excluding carboxylic acids is 1. The molecule has 2 heterocycles. The molecular formula is C24H33F2N3OS. The molecule has 4 nitrogen and oxygen atoms in total. The molecule has 1 amide bonds. The van der Waals surface area contributed by atoms with Crippen molar-refractivity contribution in [3.05, 3.63) is 29.6 Å². The average molecular weight is 450 g/mol. The van der Waals surface area contributed by atoms with E-state index in [9.17, 15) is 13.6 Å². The summed E-state index contributed by atoms with van der Waals surface area (Å²) in [5, 5.41) is 6.38. The molecule has 0 radical (unpaired) electrons. The Morgan fingerprint density at radius 3 is 2.52 bits per heavy atom. The Kier molecular flexibility index (Phi) is 7.77. The minimum absolute atomic E-state index is 0.0766. The Labute approximate surface area is 187 Å². The van der Waals surface area contributed by atoms with E-state index in [2.05, 4.69) is 44.8 Å². The van der Waals surface area contributed by atoms with Gasteiger partial charge in [0.25, 0.3) is 0 Å². The number of halogens is 2. The highest BCUT2D eigenvalue weighted by atomic mass is 32.1. The Bertz CT molecular complexity index is 840. The molecule has 7 heteroatoms. The molecule has 1 saturated carbocycles. The largest absolute Gasteiger partial charge is 0.368 e. The summed E-state index contributed by atoms with van der Waals surface area (Å²) in [6.45, 7) is 3.61. The SMILES string of the molecule is O=C(NC1CCC(CCN2CCN(c3cccc4sccc34)CC2)CC1)C(CF)CF. The third-order valence-corrected chi connectivity index (χ3v) is 7.86. The average Bonchev–Trinajstić information content (AvgIpc) is 3.29. The number of nitrogens with zero attached hydrogens (tertiary/aromatic N) is 2. The molecule has 31 heavy (non-hydrogen) atoms. The highest BCUT2D eigenvalue weighted by molar-refractivity contribution is 7.17. The summed E-state index contributed by atoms with van der Waals surface area (Å²) in [5.74, 6) is -0.920. The first kappa shape index (κ1) is 22.5. The standard InChI is InChI=1S/C24H33F2N3OS/c25-16-19(17-26)24(30)27-20-6-4-18(5-7-20)8-10-28-11-13-29(14-12-28)22-2-1-3-23-21(22)9-15-31-23/h1-3,9,15,18-20H,4-8,10-14,16-17H2,(H,27,30). The molecule has 0 atom stereocenters. The number of fused-ring (bicyclic) bond motifs is 1. The molecule has 170 valence electrons. The lowest BCUT2D eigenvalue weighted by molar-refractivity contribution is -0.127. The molecule has 1 aliphatic carbocycles. The third-order valence-electron chi connectivity index (χ3n) is 6.98. The number of rotatable bonds is 8.